The van der Waals surface area contributed by atoms with E-state index in [0.29, 0.717) is 11.3 Å². The zero-order chi connectivity index (χ0) is 16.9. The zero-order valence-electron chi connectivity index (χ0n) is 11.6. The van der Waals surface area contributed by atoms with Crippen molar-refractivity contribution < 1.29 is 22.0 Å². The van der Waals surface area contributed by atoms with Crippen LogP contribution in [0.15, 0.2) is 35.2 Å². The molecule has 0 saturated heterocycles. The quantitative estimate of drug-likeness (QED) is 0.782. The van der Waals surface area contributed by atoms with Crippen molar-refractivity contribution in [1.82, 2.24) is 14.9 Å². The average Bonchev–Trinajstić information content (AvgIpc) is 2.96. The molecule has 0 aliphatic carbocycles. The fourth-order valence-corrected chi connectivity index (χ4v) is 3.21. The van der Waals surface area contributed by atoms with E-state index in [1.807, 2.05) is 0 Å². The molecule has 2 N–H and O–H groups in total. The number of anilines is 1. The lowest BCUT2D eigenvalue weighted by molar-refractivity contribution is -0.116. The third-order valence-electron chi connectivity index (χ3n) is 2.57. The first-order chi connectivity index (χ1) is 10.9. The SMILES string of the molecule is O=C(CCNS(=O)(=O)c1ccccc1)Nc1nnc(C(F)F)s1. The van der Waals surface area contributed by atoms with Crippen LogP contribution in [0.25, 0.3) is 0 Å². The molecule has 1 aromatic heterocycles. The van der Waals surface area contributed by atoms with Gasteiger partial charge in [0, 0.05) is 13.0 Å². The van der Waals surface area contributed by atoms with Crippen LogP contribution in [0.2, 0.25) is 0 Å². The van der Waals surface area contributed by atoms with E-state index >= 15 is 0 Å². The molecule has 2 rings (SSSR count). The number of halogens is 2. The lowest BCUT2D eigenvalue weighted by Crippen LogP contribution is -2.27. The predicted molar refractivity (Wildman–Crippen MR) is 79.7 cm³/mol. The highest BCUT2D eigenvalue weighted by molar-refractivity contribution is 7.89. The molecule has 0 saturated carbocycles. The second kappa shape index (κ2) is 7.53. The van der Waals surface area contributed by atoms with E-state index in [9.17, 15) is 22.0 Å². The number of alkyl halides is 2. The maximum Gasteiger partial charge on any atom is 0.291 e. The second-order valence-corrected chi connectivity index (χ2v) is 7.03. The molecular weight excluding hydrogens is 350 g/mol. The summed E-state index contributed by atoms with van der Waals surface area (Å²) in [6.45, 7) is -0.135. The minimum Gasteiger partial charge on any atom is -0.300 e. The Kier molecular flexibility index (Phi) is 5.69. The molecule has 11 heteroatoms. The minimum absolute atomic E-state index is 0.0591. The van der Waals surface area contributed by atoms with E-state index in [-0.39, 0.29) is 23.0 Å². The number of hydrogen-bond acceptors (Lipinski definition) is 6. The van der Waals surface area contributed by atoms with Gasteiger partial charge in [-0.1, -0.05) is 29.5 Å². The Morgan fingerprint density at radius 1 is 1.22 bits per heavy atom. The number of sulfonamides is 1. The van der Waals surface area contributed by atoms with E-state index in [1.54, 1.807) is 18.2 Å². The van der Waals surface area contributed by atoms with Crippen molar-refractivity contribution in [3.8, 4) is 0 Å². The zero-order valence-corrected chi connectivity index (χ0v) is 13.2. The molecule has 0 atom stereocenters. The average molecular weight is 362 g/mol. The van der Waals surface area contributed by atoms with Gasteiger partial charge in [-0.2, -0.15) is 0 Å². The normalized spacial score (nSPS) is 11.6. The number of nitrogens with zero attached hydrogens (tertiary/aromatic N) is 2. The summed E-state index contributed by atoms with van der Waals surface area (Å²) in [6.07, 6.45) is -2.92. The topological polar surface area (TPSA) is 101 Å². The van der Waals surface area contributed by atoms with Gasteiger partial charge in [0.05, 0.1) is 4.90 Å². The first-order valence-corrected chi connectivity index (χ1v) is 8.64. The maximum atomic E-state index is 12.3. The van der Waals surface area contributed by atoms with Crippen LogP contribution in [0.1, 0.15) is 17.9 Å². The Labute approximate surface area is 134 Å². The molecule has 0 unspecified atom stereocenters. The summed E-state index contributed by atoms with van der Waals surface area (Å²) in [7, 11) is -3.69. The van der Waals surface area contributed by atoms with Crippen molar-refractivity contribution in [3.05, 3.63) is 35.3 Å². The minimum atomic E-state index is -3.69. The standard InChI is InChI=1S/C12H12F2N4O3S2/c13-10(14)11-17-18-12(22-11)16-9(19)6-7-15-23(20,21)8-4-2-1-3-5-8/h1-5,10,15H,6-7H2,(H,16,18,19). The molecule has 0 aliphatic rings. The van der Waals surface area contributed by atoms with E-state index in [0.717, 1.165) is 0 Å². The van der Waals surface area contributed by atoms with Crippen LogP contribution in [-0.2, 0) is 14.8 Å². The number of carbonyl (C=O) groups excluding carboxylic acids is 1. The summed E-state index contributed by atoms with van der Waals surface area (Å²) in [5.74, 6) is -0.558. The molecule has 0 fully saturated rings. The highest BCUT2D eigenvalue weighted by Crippen LogP contribution is 2.25. The smallest absolute Gasteiger partial charge is 0.291 e. The van der Waals surface area contributed by atoms with E-state index in [1.165, 1.54) is 12.1 Å². The van der Waals surface area contributed by atoms with Gasteiger partial charge < -0.3 is 5.32 Å². The summed E-state index contributed by atoms with van der Waals surface area (Å²) >= 11 is 0.562. The Morgan fingerprint density at radius 3 is 2.52 bits per heavy atom. The number of rotatable bonds is 7. The molecule has 2 aromatic rings. The lowest BCUT2D eigenvalue weighted by Gasteiger charge is -2.06. The van der Waals surface area contributed by atoms with Gasteiger partial charge in [-0.3, -0.25) is 4.79 Å². The van der Waals surface area contributed by atoms with Gasteiger partial charge in [-0.25, -0.2) is 21.9 Å². The first-order valence-electron chi connectivity index (χ1n) is 6.34. The largest absolute Gasteiger partial charge is 0.300 e. The van der Waals surface area contributed by atoms with E-state index in [4.69, 9.17) is 0 Å². The number of amides is 1. The third-order valence-corrected chi connectivity index (χ3v) is 4.89. The molecule has 1 amide bonds. The van der Waals surface area contributed by atoms with Crippen LogP contribution in [0.4, 0.5) is 13.9 Å². The summed E-state index contributed by atoms with van der Waals surface area (Å²) in [6, 6.07) is 7.70. The lowest BCUT2D eigenvalue weighted by atomic mass is 10.4. The number of nitrogens with one attached hydrogen (secondary N) is 2. The Hall–Kier alpha value is -1.98. The summed E-state index contributed by atoms with van der Waals surface area (Å²) in [5.41, 5.74) is 0. The van der Waals surface area contributed by atoms with Gasteiger partial charge in [0.2, 0.25) is 21.1 Å². The number of hydrogen-bond donors (Lipinski definition) is 2. The fourth-order valence-electron chi connectivity index (χ4n) is 1.54. The summed E-state index contributed by atoms with van der Waals surface area (Å²) < 4.78 is 50.7. The molecule has 0 spiro atoms. The van der Waals surface area contributed by atoms with Gasteiger partial charge in [0.25, 0.3) is 6.43 Å². The van der Waals surface area contributed by atoms with Gasteiger partial charge in [-0.05, 0) is 12.1 Å². The van der Waals surface area contributed by atoms with Crippen molar-refractivity contribution in [3.63, 3.8) is 0 Å². The Balaban J connectivity index is 1.82. The van der Waals surface area contributed by atoms with Crippen LogP contribution in [0, 0.1) is 0 Å². The molecule has 23 heavy (non-hydrogen) atoms. The van der Waals surface area contributed by atoms with E-state index < -0.39 is 27.4 Å². The highest BCUT2D eigenvalue weighted by atomic mass is 32.2. The maximum absolute atomic E-state index is 12.3. The van der Waals surface area contributed by atoms with Gasteiger partial charge >= 0.3 is 0 Å². The van der Waals surface area contributed by atoms with Crippen molar-refractivity contribution >= 4 is 32.4 Å². The van der Waals surface area contributed by atoms with Crippen LogP contribution < -0.4 is 10.0 Å². The monoisotopic (exact) mass is 362 g/mol. The molecule has 0 aliphatic heterocycles. The van der Waals surface area contributed by atoms with E-state index in [2.05, 4.69) is 20.2 Å². The molecule has 0 radical (unpaired) electrons. The summed E-state index contributed by atoms with van der Waals surface area (Å²) in [5, 5.41) is 8.35. The van der Waals surface area contributed by atoms with Crippen molar-refractivity contribution in [2.24, 2.45) is 0 Å². The molecule has 124 valence electrons. The third kappa shape index (κ3) is 5.01. The number of carbonyl (C=O) groups is 1. The molecular formula is C12H12F2N4O3S2. The van der Waals surface area contributed by atoms with Gasteiger partial charge in [0.1, 0.15) is 0 Å². The molecule has 1 heterocycles. The molecule has 7 nitrogen and oxygen atoms in total. The predicted octanol–water partition coefficient (Wildman–Crippen LogP) is 1.78. The van der Waals surface area contributed by atoms with Crippen LogP contribution >= 0.6 is 11.3 Å². The number of aromatic nitrogens is 2. The van der Waals surface area contributed by atoms with Crippen LogP contribution in [0.3, 0.4) is 0 Å². The molecule has 1 aromatic carbocycles. The second-order valence-electron chi connectivity index (χ2n) is 4.26. The Bertz CT molecular complexity index is 766. The molecule has 0 bridgehead atoms. The van der Waals surface area contributed by atoms with Crippen molar-refractivity contribution in [1.29, 1.82) is 0 Å². The van der Waals surface area contributed by atoms with Crippen LogP contribution in [0.5, 0.6) is 0 Å². The Morgan fingerprint density at radius 2 is 1.91 bits per heavy atom. The van der Waals surface area contributed by atoms with Gasteiger partial charge in [-0.15, -0.1) is 10.2 Å². The first kappa shape index (κ1) is 17.4. The van der Waals surface area contributed by atoms with Gasteiger partial charge in [0.15, 0.2) is 5.01 Å². The highest BCUT2D eigenvalue weighted by Gasteiger charge is 2.16. The fraction of sp³-hybridized carbons (Fsp3) is 0.250. The number of benzene rings is 1. The summed E-state index contributed by atoms with van der Waals surface area (Å²) in [4.78, 5) is 11.7. The van der Waals surface area contributed by atoms with Crippen molar-refractivity contribution in [2.45, 2.75) is 17.7 Å². The van der Waals surface area contributed by atoms with Crippen LogP contribution in [-0.4, -0.2) is 31.1 Å². The van der Waals surface area contributed by atoms with Crippen molar-refractivity contribution in [2.75, 3.05) is 11.9 Å².